The third-order valence-electron chi connectivity index (χ3n) is 5.88. The molecule has 4 rings (SSSR count). The Morgan fingerprint density at radius 1 is 1.19 bits per heavy atom. The van der Waals surface area contributed by atoms with Crippen molar-refractivity contribution in [2.75, 3.05) is 26.8 Å². The number of nitrogens with zero attached hydrogens (tertiary/aromatic N) is 3. The molecular weight excluding hydrogens is 509 g/mol. The lowest BCUT2D eigenvalue weighted by Gasteiger charge is -2.30. The minimum absolute atomic E-state index is 0.0200. The third-order valence-corrected chi connectivity index (χ3v) is 8.80. The van der Waals surface area contributed by atoms with Crippen molar-refractivity contribution >= 4 is 43.5 Å². The van der Waals surface area contributed by atoms with E-state index in [0.717, 1.165) is 11.3 Å². The standard InChI is InChI=1S/C24H26FN3O6S2/c1-3-34-21(29)15-28-22-19(25)7-4-8-20(22)35-24(28)26-23(30)16-6-5-13-27(14-16)36(31,32)18-11-9-17(33-2)10-12-18/h4,7-12,16H,3,5-6,13-15H2,1-2H3. The largest absolute Gasteiger partial charge is 0.497 e. The maximum absolute atomic E-state index is 14.6. The molecule has 0 spiro atoms. The van der Waals surface area contributed by atoms with Crippen LogP contribution in [0.15, 0.2) is 52.4 Å². The first kappa shape index (κ1) is 26.0. The van der Waals surface area contributed by atoms with Crippen LogP contribution >= 0.6 is 11.3 Å². The second-order valence-electron chi connectivity index (χ2n) is 8.19. The zero-order valence-electron chi connectivity index (χ0n) is 19.8. The van der Waals surface area contributed by atoms with Crippen LogP contribution in [-0.4, -0.2) is 56.0 Å². The van der Waals surface area contributed by atoms with Crippen LogP contribution in [-0.2, 0) is 30.9 Å². The average Bonchev–Trinajstić information content (AvgIpc) is 3.22. The number of benzene rings is 2. The van der Waals surface area contributed by atoms with Crippen LogP contribution in [0.3, 0.4) is 0 Å². The molecule has 12 heteroatoms. The highest BCUT2D eigenvalue weighted by Crippen LogP contribution is 2.26. The Morgan fingerprint density at radius 3 is 2.64 bits per heavy atom. The molecule has 1 amide bonds. The van der Waals surface area contributed by atoms with Crippen LogP contribution in [0.5, 0.6) is 5.75 Å². The summed E-state index contributed by atoms with van der Waals surface area (Å²) < 4.78 is 54.1. The number of piperidine rings is 1. The molecule has 0 saturated carbocycles. The number of amides is 1. The van der Waals surface area contributed by atoms with E-state index < -0.39 is 33.6 Å². The fraction of sp³-hybridized carbons (Fsp3) is 0.375. The number of fused-ring (bicyclic) bond motifs is 1. The van der Waals surface area contributed by atoms with Gasteiger partial charge in [-0.2, -0.15) is 9.30 Å². The molecule has 3 aromatic rings. The van der Waals surface area contributed by atoms with Crippen molar-refractivity contribution < 1.29 is 31.9 Å². The van der Waals surface area contributed by atoms with E-state index in [1.807, 2.05) is 0 Å². The molecule has 1 atom stereocenters. The van der Waals surface area contributed by atoms with Gasteiger partial charge in [-0.1, -0.05) is 17.4 Å². The summed E-state index contributed by atoms with van der Waals surface area (Å²) in [5, 5.41) is 0. The number of hydrogen-bond donors (Lipinski definition) is 0. The Kier molecular flexibility index (Phi) is 7.86. The van der Waals surface area contributed by atoms with Crippen molar-refractivity contribution in [3.63, 3.8) is 0 Å². The fourth-order valence-corrected chi connectivity index (χ4v) is 6.67. The zero-order valence-corrected chi connectivity index (χ0v) is 21.5. The van der Waals surface area contributed by atoms with E-state index in [1.165, 1.54) is 40.2 Å². The van der Waals surface area contributed by atoms with Gasteiger partial charge < -0.3 is 14.0 Å². The van der Waals surface area contributed by atoms with E-state index >= 15 is 0 Å². The lowest BCUT2D eigenvalue weighted by molar-refractivity contribution is -0.143. The van der Waals surface area contributed by atoms with Crippen molar-refractivity contribution in [2.24, 2.45) is 10.9 Å². The number of carbonyl (C=O) groups is 2. The summed E-state index contributed by atoms with van der Waals surface area (Å²) in [5.41, 5.74) is 0.162. The molecule has 1 fully saturated rings. The average molecular weight is 536 g/mol. The van der Waals surface area contributed by atoms with Crippen LogP contribution in [0.1, 0.15) is 19.8 Å². The summed E-state index contributed by atoms with van der Waals surface area (Å²) in [6, 6.07) is 10.6. The van der Waals surface area contributed by atoms with Crippen molar-refractivity contribution in [1.82, 2.24) is 8.87 Å². The molecule has 0 aliphatic carbocycles. The van der Waals surface area contributed by atoms with Gasteiger partial charge in [0.15, 0.2) is 4.80 Å². The summed E-state index contributed by atoms with van der Waals surface area (Å²) in [6.07, 6.45) is 0.958. The SMILES string of the molecule is CCOC(=O)Cn1c(=NC(=O)C2CCCN(S(=O)(=O)c3ccc(OC)cc3)C2)sc2cccc(F)c21. The highest BCUT2D eigenvalue weighted by molar-refractivity contribution is 7.89. The van der Waals surface area contributed by atoms with Crippen LogP contribution < -0.4 is 9.54 Å². The first-order chi connectivity index (χ1) is 17.2. The molecule has 0 N–H and O–H groups in total. The van der Waals surface area contributed by atoms with E-state index in [9.17, 15) is 22.4 Å². The van der Waals surface area contributed by atoms with E-state index in [2.05, 4.69) is 4.99 Å². The van der Waals surface area contributed by atoms with Crippen LogP contribution in [0.2, 0.25) is 0 Å². The van der Waals surface area contributed by atoms with E-state index in [-0.39, 0.29) is 41.5 Å². The van der Waals surface area contributed by atoms with Gasteiger partial charge in [0, 0.05) is 13.1 Å². The quantitative estimate of drug-likeness (QED) is 0.431. The van der Waals surface area contributed by atoms with E-state index in [4.69, 9.17) is 9.47 Å². The Bertz CT molecular complexity index is 1450. The van der Waals surface area contributed by atoms with Gasteiger partial charge in [0.25, 0.3) is 5.91 Å². The molecule has 2 heterocycles. The first-order valence-electron chi connectivity index (χ1n) is 11.4. The Morgan fingerprint density at radius 2 is 1.94 bits per heavy atom. The topological polar surface area (TPSA) is 107 Å². The maximum atomic E-state index is 14.6. The van der Waals surface area contributed by atoms with Crippen molar-refractivity contribution in [2.45, 2.75) is 31.2 Å². The molecule has 2 aromatic carbocycles. The Balaban J connectivity index is 1.63. The van der Waals surface area contributed by atoms with Crippen molar-refractivity contribution in [1.29, 1.82) is 0 Å². The number of sulfonamides is 1. The molecule has 1 aliphatic heterocycles. The summed E-state index contributed by atoms with van der Waals surface area (Å²) in [4.78, 5) is 29.8. The molecule has 192 valence electrons. The number of methoxy groups -OCH3 is 1. The number of esters is 1. The predicted octanol–water partition coefficient (Wildman–Crippen LogP) is 2.94. The number of hydrogen-bond acceptors (Lipinski definition) is 7. The second-order valence-corrected chi connectivity index (χ2v) is 11.1. The number of ether oxygens (including phenoxy) is 2. The van der Waals surface area contributed by atoms with Gasteiger partial charge in [0.1, 0.15) is 18.1 Å². The van der Waals surface area contributed by atoms with Gasteiger partial charge in [-0.25, -0.2) is 12.8 Å². The summed E-state index contributed by atoms with van der Waals surface area (Å²) in [6.45, 7) is 1.79. The monoisotopic (exact) mass is 535 g/mol. The van der Waals surface area contributed by atoms with Gasteiger partial charge in [0.2, 0.25) is 10.0 Å². The molecule has 36 heavy (non-hydrogen) atoms. The third kappa shape index (κ3) is 5.35. The number of rotatable bonds is 7. The van der Waals surface area contributed by atoms with E-state index in [1.54, 1.807) is 25.1 Å². The van der Waals surface area contributed by atoms with Gasteiger partial charge in [-0.3, -0.25) is 9.59 Å². The molecule has 0 bridgehead atoms. The highest BCUT2D eigenvalue weighted by atomic mass is 32.2. The summed E-state index contributed by atoms with van der Waals surface area (Å²) in [7, 11) is -2.32. The lowest BCUT2D eigenvalue weighted by atomic mass is 9.99. The first-order valence-corrected chi connectivity index (χ1v) is 13.7. The number of para-hydroxylation sites is 1. The maximum Gasteiger partial charge on any atom is 0.326 e. The van der Waals surface area contributed by atoms with Gasteiger partial charge in [-0.15, -0.1) is 0 Å². The number of thiazole rings is 1. The molecule has 1 unspecified atom stereocenters. The lowest BCUT2D eigenvalue weighted by Crippen LogP contribution is -2.42. The normalized spacial score (nSPS) is 17.3. The summed E-state index contributed by atoms with van der Waals surface area (Å²) in [5.74, 6) is -1.78. The zero-order chi connectivity index (χ0) is 25.9. The van der Waals surface area contributed by atoms with Gasteiger partial charge in [-0.05, 0) is 56.2 Å². The predicted molar refractivity (Wildman–Crippen MR) is 131 cm³/mol. The van der Waals surface area contributed by atoms with Crippen LogP contribution in [0.4, 0.5) is 4.39 Å². The molecule has 0 radical (unpaired) electrons. The van der Waals surface area contributed by atoms with Crippen molar-refractivity contribution in [3.8, 4) is 5.75 Å². The number of aromatic nitrogens is 1. The van der Waals surface area contributed by atoms with Gasteiger partial charge in [0.05, 0.1) is 34.7 Å². The number of carbonyl (C=O) groups excluding carboxylic acids is 2. The minimum Gasteiger partial charge on any atom is -0.497 e. The second kappa shape index (κ2) is 10.9. The molecule has 9 nitrogen and oxygen atoms in total. The Hall–Kier alpha value is -3.09. The highest BCUT2D eigenvalue weighted by Gasteiger charge is 2.33. The fourth-order valence-electron chi connectivity index (χ4n) is 4.10. The minimum atomic E-state index is -3.81. The van der Waals surface area contributed by atoms with Gasteiger partial charge >= 0.3 is 5.97 Å². The molecule has 1 saturated heterocycles. The van der Waals surface area contributed by atoms with Crippen molar-refractivity contribution in [3.05, 3.63) is 53.1 Å². The molecule has 1 aliphatic rings. The van der Waals surface area contributed by atoms with E-state index in [0.29, 0.717) is 23.3 Å². The Labute approximate surface area is 211 Å². The van der Waals surface area contributed by atoms with Crippen LogP contribution in [0, 0.1) is 11.7 Å². The summed E-state index contributed by atoms with van der Waals surface area (Å²) >= 11 is 1.08. The number of halogens is 1. The molecular formula is C24H26FN3O6S2. The smallest absolute Gasteiger partial charge is 0.326 e. The van der Waals surface area contributed by atoms with Crippen LogP contribution in [0.25, 0.3) is 10.2 Å². The molecule has 1 aromatic heterocycles.